The van der Waals surface area contributed by atoms with Gasteiger partial charge in [0.05, 0.1) is 21.8 Å². The molecule has 0 saturated carbocycles. The number of carbonyl (C=O) groups is 1. The highest BCUT2D eigenvalue weighted by molar-refractivity contribution is 8.00. The molecule has 2 aromatic carbocycles. The summed E-state index contributed by atoms with van der Waals surface area (Å²) in [6.45, 7) is 0.610. The number of aromatic nitrogens is 2. The molecule has 0 N–H and O–H groups in total. The molecule has 5 nitrogen and oxygen atoms in total. The Morgan fingerprint density at radius 1 is 1.15 bits per heavy atom. The van der Waals surface area contributed by atoms with Gasteiger partial charge < -0.3 is 4.90 Å². The number of para-hydroxylation sites is 1. The number of fused-ring (bicyclic) bond motifs is 1. The molecule has 1 atom stereocenters. The van der Waals surface area contributed by atoms with Crippen molar-refractivity contribution in [1.82, 2.24) is 14.5 Å². The molecule has 3 aromatic rings. The maximum atomic E-state index is 14.4. The van der Waals surface area contributed by atoms with Gasteiger partial charge in [0.15, 0.2) is 5.16 Å². The lowest BCUT2D eigenvalue weighted by Gasteiger charge is -2.16. The quantitative estimate of drug-likeness (QED) is 0.649. The molecule has 0 bridgehead atoms. The summed E-state index contributed by atoms with van der Waals surface area (Å²) in [5.41, 5.74) is -0.101. The topological polar surface area (TPSA) is 55.2 Å². The van der Waals surface area contributed by atoms with Gasteiger partial charge in [0.25, 0.3) is 5.56 Å². The van der Waals surface area contributed by atoms with E-state index in [1.807, 2.05) is 0 Å². The molecule has 0 radical (unpaired) electrons. The first kappa shape index (κ1) is 17.7. The minimum absolute atomic E-state index is 0.0615. The van der Waals surface area contributed by atoms with Gasteiger partial charge in [-0.25, -0.2) is 13.8 Å². The fraction of sp³-hybridized carbons (Fsp3) is 0.211. The van der Waals surface area contributed by atoms with Crippen molar-refractivity contribution in [3.8, 4) is 5.69 Å². The molecule has 27 heavy (non-hydrogen) atoms. The van der Waals surface area contributed by atoms with E-state index >= 15 is 0 Å². The molecule has 8 heteroatoms. The predicted octanol–water partition coefficient (Wildman–Crippen LogP) is 2.99. The largest absolute Gasteiger partial charge is 0.345 e. The van der Waals surface area contributed by atoms with Crippen molar-refractivity contribution in [3.63, 3.8) is 0 Å². The molecule has 2 heterocycles. The SMILES string of the molecule is CN1CCC(Sc2nc3ccccc3c(=O)n2-c2ccc(F)cc2F)C1=O. The average molecular weight is 387 g/mol. The van der Waals surface area contributed by atoms with Crippen LogP contribution in [0, 0.1) is 11.6 Å². The second-order valence-electron chi connectivity index (χ2n) is 6.30. The number of amides is 1. The van der Waals surface area contributed by atoms with E-state index in [0.29, 0.717) is 23.9 Å². The number of likely N-dealkylation sites (tertiary alicyclic amines) is 1. The summed E-state index contributed by atoms with van der Waals surface area (Å²) >= 11 is 1.13. The van der Waals surface area contributed by atoms with Crippen LogP contribution >= 0.6 is 11.8 Å². The van der Waals surface area contributed by atoms with Crippen LogP contribution < -0.4 is 5.56 Å². The summed E-state index contributed by atoms with van der Waals surface area (Å²) in [6.07, 6.45) is 0.606. The van der Waals surface area contributed by atoms with Crippen LogP contribution in [-0.2, 0) is 4.79 Å². The van der Waals surface area contributed by atoms with Gasteiger partial charge in [-0.05, 0) is 30.7 Å². The third kappa shape index (κ3) is 3.10. The number of nitrogens with zero attached hydrogens (tertiary/aromatic N) is 3. The summed E-state index contributed by atoms with van der Waals surface area (Å²) < 4.78 is 28.9. The van der Waals surface area contributed by atoms with E-state index in [4.69, 9.17) is 0 Å². The van der Waals surface area contributed by atoms with Crippen molar-refractivity contribution in [3.05, 3.63) is 64.5 Å². The van der Waals surface area contributed by atoms with Gasteiger partial charge in [-0.2, -0.15) is 0 Å². The molecule has 1 amide bonds. The monoisotopic (exact) mass is 387 g/mol. The Bertz CT molecular complexity index is 1120. The highest BCUT2D eigenvalue weighted by Crippen LogP contribution is 2.31. The molecule has 1 unspecified atom stereocenters. The lowest BCUT2D eigenvalue weighted by Crippen LogP contribution is -2.26. The van der Waals surface area contributed by atoms with Gasteiger partial charge in [-0.1, -0.05) is 23.9 Å². The number of rotatable bonds is 3. The first-order valence-electron chi connectivity index (χ1n) is 8.34. The number of hydrogen-bond acceptors (Lipinski definition) is 4. The van der Waals surface area contributed by atoms with E-state index in [1.54, 1.807) is 36.2 Å². The van der Waals surface area contributed by atoms with E-state index in [1.165, 1.54) is 6.07 Å². The van der Waals surface area contributed by atoms with E-state index in [0.717, 1.165) is 28.5 Å². The van der Waals surface area contributed by atoms with Crippen molar-refractivity contribution in [2.75, 3.05) is 13.6 Å². The van der Waals surface area contributed by atoms with Gasteiger partial charge in [0.2, 0.25) is 5.91 Å². The molecular formula is C19H15F2N3O2S. The summed E-state index contributed by atoms with van der Waals surface area (Å²) in [6, 6.07) is 9.75. The summed E-state index contributed by atoms with van der Waals surface area (Å²) in [7, 11) is 1.71. The summed E-state index contributed by atoms with van der Waals surface area (Å²) in [5, 5.41) is 0.121. The zero-order valence-electron chi connectivity index (χ0n) is 14.4. The second kappa shape index (κ2) is 6.77. The van der Waals surface area contributed by atoms with Gasteiger partial charge in [0.1, 0.15) is 11.6 Å². The fourth-order valence-corrected chi connectivity index (χ4v) is 4.29. The van der Waals surface area contributed by atoms with Crippen molar-refractivity contribution >= 4 is 28.6 Å². The molecular weight excluding hydrogens is 372 g/mol. The van der Waals surface area contributed by atoms with E-state index < -0.39 is 22.4 Å². The number of carbonyl (C=O) groups excluding carboxylic acids is 1. The Morgan fingerprint density at radius 2 is 1.93 bits per heavy atom. The number of halogens is 2. The fourth-order valence-electron chi connectivity index (χ4n) is 3.09. The van der Waals surface area contributed by atoms with Gasteiger partial charge in [-0.15, -0.1) is 0 Å². The van der Waals surface area contributed by atoms with E-state index in [9.17, 15) is 18.4 Å². The van der Waals surface area contributed by atoms with Crippen LogP contribution in [-0.4, -0.2) is 39.2 Å². The lowest BCUT2D eigenvalue weighted by atomic mass is 10.2. The van der Waals surface area contributed by atoms with Crippen molar-refractivity contribution in [1.29, 1.82) is 0 Å². The maximum Gasteiger partial charge on any atom is 0.266 e. The standard InChI is InChI=1S/C19H15F2N3O2S/c1-23-9-8-16(18(23)26)27-19-22-14-5-3-2-4-12(14)17(25)24(19)15-7-6-11(20)10-13(15)21/h2-7,10,16H,8-9H2,1H3. The van der Waals surface area contributed by atoms with E-state index in [2.05, 4.69) is 4.98 Å². The first-order chi connectivity index (χ1) is 13.0. The Labute approximate surface area is 157 Å². The zero-order chi connectivity index (χ0) is 19.1. The summed E-state index contributed by atoms with van der Waals surface area (Å²) in [5.74, 6) is -1.67. The first-order valence-corrected chi connectivity index (χ1v) is 9.22. The number of benzene rings is 2. The van der Waals surface area contributed by atoms with Crippen LogP contribution in [0.4, 0.5) is 8.78 Å². The molecule has 1 aliphatic rings. The lowest BCUT2D eigenvalue weighted by molar-refractivity contribution is -0.126. The third-order valence-corrected chi connectivity index (χ3v) is 5.73. The molecule has 1 fully saturated rings. The molecule has 4 rings (SSSR count). The van der Waals surface area contributed by atoms with Gasteiger partial charge in [-0.3, -0.25) is 14.2 Å². The Kier molecular flexibility index (Phi) is 4.43. The van der Waals surface area contributed by atoms with Gasteiger partial charge in [0, 0.05) is 19.7 Å². The van der Waals surface area contributed by atoms with Crippen LogP contribution in [0.5, 0.6) is 0 Å². The molecule has 138 valence electrons. The Morgan fingerprint density at radius 3 is 2.63 bits per heavy atom. The highest BCUT2D eigenvalue weighted by atomic mass is 32.2. The number of thioether (sulfide) groups is 1. The van der Waals surface area contributed by atoms with Crippen LogP contribution in [0.3, 0.4) is 0 Å². The maximum absolute atomic E-state index is 14.4. The molecule has 1 saturated heterocycles. The minimum atomic E-state index is -0.870. The second-order valence-corrected chi connectivity index (χ2v) is 7.47. The molecule has 1 aliphatic heterocycles. The van der Waals surface area contributed by atoms with E-state index in [-0.39, 0.29) is 16.8 Å². The minimum Gasteiger partial charge on any atom is -0.345 e. The van der Waals surface area contributed by atoms with Crippen molar-refractivity contribution in [2.45, 2.75) is 16.8 Å². The number of hydrogen-bond donors (Lipinski definition) is 0. The molecule has 1 aromatic heterocycles. The Balaban J connectivity index is 1.93. The normalized spacial score (nSPS) is 17.1. The van der Waals surface area contributed by atoms with Gasteiger partial charge >= 0.3 is 0 Å². The molecule has 0 aliphatic carbocycles. The predicted molar refractivity (Wildman–Crippen MR) is 99.2 cm³/mol. The summed E-state index contributed by atoms with van der Waals surface area (Å²) in [4.78, 5) is 31.4. The van der Waals surface area contributed by atoms with Crippen molar-refractivity contribution in [2.24, 2.45) is 0 Å². The average Bonchev–Trinajstić information content (AvgIpc) is 2.95. The smallest absolute Gasteiger partial charge is 0.266 e. The van der Waals surface area contributed by atoms with Crippen LogP contribution in [0.2, 0.25) is 0 Å². The highest BCUT2D eigenvalue weighted by Gasteiger charge is 2.32. The van der Waals surface area contributed by atoms with Crippen LogP contribution in [0.1, 0.15) is 6.42 Å². The van der Waals surface area contributed by atoms with Crippen LogP contribution in [0.15, 0.2) is 52.4 Å². The molecule has 0 spiro atoms. The Hall–Kier alpha value is -2.74. The third-order valence-electron chi connectivity index (χ3n) is 4.52. The zero-order valence-corrected chi connectivity index (χ0v) is 15.2. The van der Waals surface area contributed by atoms with Crippen molar-refractivity contribution < 1.29 is 13.6 Å². The van der Waals surface area contributed by atoms with Crippen LogP contribution in [0.25, 0.3) is 16.6 Å².